The van der Waals surface area contributed by atoms with E-state index >= 15 is 0 Å². The number of esters is 1. The van der Waals surface area contributed by atoms with Crippen LogP contribution >= 0.6 is 11.8 Å². The summed E-state index contributed by atoms with van der Waals surface area (Å²) in [5.74, 6) is -0.918. The lowest BCUT2D eigenvalue weighted by atomic mass is 10.0. The van der Waals surface area contributed by atoms with Gasteiger partial charge < -0.3 is 4.74 Å². The Morgan fingerprint density at radius 3 is 2.31 bits per heavy atom. The van der Waals surface area contributed by atoms with Gasteiger partial charge in [0, 0.05) is 4.75 Å². The van der Waals surface area contributed by atoms with E-state index < -0.39 is 5.92 Å². The minimum Gasteiger partial charge on any atom is -0.461 e. The van der Waals surface area contributed by atoms with E-state index in [1.807, 2.05) is 20.8 Å². The molecule has 1 fully saturated rings. The van der Waals surface area contributed by atoms with Crippen LogP contribution in [0.15, 0.2) is 0 Å². The number of carbonyl (C=O) groups is 2. The van der Waals surface area contributed by atoms with Crippen LogP contribution in [-0.2, 0) is 14.3 Å². The van der Waals surface area contributed by atoms with E-state index in [1.165, 1.54) is 11.8 Å². The second kappa shape index (κ2) is 3.33. The van der Waals surface area contributed by atoms with Gasteiger partial charge in [0.05, 0.1) is 0 Å². The molecule has 0 radical (unpaired) electrons. The standard InChI is InChI=1S/C9H14O3S/c1-5-6(7(10)12-5)8(11)13-9(2,3)4/h5-6H,1-4H3/t5-,6-/m0/s1. The van der Waals surface area contributed by atoms with Crippen LogP contribution in [0.25, 0.3) is 0 Å². The van der Waals surface area contributed by atoms with Gasteiger partial charge in [0.15, 0.2) is 5.92 Å². The van der Waals surface area contributed by atoms with Crippen molar-refractivity contribution in [3.63, 3.8) is 0 Å². The molecule has 0 spiro atoms. The average molecular weight is 202 g/mol. The molecule has 0 amide bonds. The number of hydrogen-bond donors (Lipinski definition) is 0. The molecule has 4 heteroatoms. The summed E-state index contributed by atoms with van der Waals surface area (Å²) in [4.78, 5) is 22.4. The van der Waals surface area contributed by atoms with Crippen molar-refractivity contribution < 1.29 is 14.3 Å². The summed E-state index contributed by atoms with van der Waals surface area (Å²) in [7, 11) is 0. The molecule has 0 aromatic rings. The molecule has 1 aliphatic heterocycles. The van der Waals surface area contributed by atoms with Crippen molar-refractivity contribution in [3.05, 3.63) is 0 Å². The van der Waals surface area contributed by atoms with Crippen LogP contribution in [-0.4, -0.2) is 21.9 Å². The van der Waals surface area contributed by atoms with Crippen LogP contribution < -0.4 is 0 Å². The molecule has 0 aromatic heterocycles. The van der Waals surface area contributed by atoms with Gasteiger partial charge in [-0.25, -0.2) is 0 Å². The van der Waals surface area contributed by atoms with E-state index in [1.54, 1.807) is 6.92 Å². The molecular weight excluding hydrogens is 188 g/mol. The Morgan fingerprint density at radius 2 is 2.00 bits per heavy atom. The predicted octanol–water partition coefficient (Wildman–Crippen LogP) is 1.61. The summed E-state index contributed by atoms with van der Waals surface area (Å²) >= 11 is 1.21. The lowest BCUT2D eigenvalue weighted by Crippen LogP contribution is -2.47. The highest BCUT2D eigenvalue weighted by Gasteiger charge is 2.45. The van der Waals surface area contributed by atoms with E-state index in [4.69, 9.17) is 4.74 Å². The molecule has 13 heavy (non-hydrogen) atoms. The van der Waals surface area contributed by atoms with Gasteiger partial charge in [0.2, 0.25) is 5.12 Å². The van der Waals surface area contributed by atoms with Crippen molar-refractivity contribution in [2.45, 2.75) is 38.5 Å². The van der Waals surface area contributed by atoms with Gasteiger partial charge in [0.1, 0.15) is 6.10 Å². The van der Waals surface area contributed by atoms with Crippen molar-refractivity contribution in [1.82, 2.24) is 0 Å². The molecule has 74 valence electrons. The molecule has 0 bridgehead atoms. The Bertz CT molecular complexity index is 242. The Morgan fingerprint density at radius 1 is 1.46 bits per heavy atom. The number of thioether (sulfide) groups is 1. The second-order valence-corrected chi connectivity index (χ2v) is 5.98. The summed E-state index contributed by atoms with van der Waals surface area (Å²) in [6, 6.07) is 0. The number of hydrogen-bond acceptors (Lipinski definition) is 4. The lowest BCUT2D eigenvalue weighted by Gasteiger charge is -2.32. The summed E-state index contributed by atoms with van der Waals surface area (Å²) in [5.41, 5.74) is 0. The van der Waals surface area contributed by atoms with Crippen LogP contribution in [0.2, 0.25) is 0 Å². The van der Waals surface area contributed by atoms with E-state index in [0.717, 1.165) is 0 Å². The van der Waals surface area contributed by atoms with Crippen molar-refractivity contribution in [2.24, 2.45) is 5.92 Å². The van der Waals surface area contributed by atoms with E-state index in [0.29, 0.717) is 0 Å². The van der Waals surface area contributed by atoms with Crippen molar-refractivity contribution in [2.75, 3.05) is 0 Å². The minimum atomic E-state index is -0.538. The first kappa shape index (κ1) is 10.6. The van der Waals surface area contributed by atoms with Gasteiger partial charge in [0.25, 0.3) is 0 Å². The van der Waals surface area contributed by atoms with Gasteiger partial charge in [-0.2, -0.15) is 0 Å². The molecule has 2 atom stereocenters. The zero-order valence-electron chi connectivity index (χ0n) is 8.29. The maximum absolute atomic E-state index is 11.5. The highest BCUT2D eigenvalue weighted by atomic mass is 32.2. The molecule has 0 aromatic carbocycles. The van der Waals surface area contributed by atoms with E-state index in [2.05, 4.69) is 0 Å². The third-order valence-electron chi connectivity index (χ3n) is 1.69. The Labute approximate surface area is 82.2 Å². The SMILES string of the molecule is C[C@@H]1OC(=O)[C@H]1C(=O)SC(C)(C)C. The first-order chi connectivity index (χ1) is 5.81. The number of cyclic esters (lactones) is 1. The molecule has 1 rings (SSSR count). The predicted molar refractivity (Wildman–Crippen MR) is 51.4 cm³/mol. The molecule has 3 nitrogen and oxygen atoms in total. The quantitative estimate of drug-likeness (QED) is 0.478. The van der Waals surface area contributed by atoms with E-state index in [-0.39, 0.29) is 21.9 Å². The van der Waals surface area contributed by atoms with Crippen LogP contribution in [0.5, 0.6) is 0 Å². The zero-order chi connectivity index (χ0) is 10.2. The molecule has 1 aliphatic rings. The maximum atomic E-state index is 11.5. The highest BCUT2D eigenvalue weighted by molar-refractivity contribution is 8.14. The monoisotopic (exact) mass is 202 g/mol. The van der Waals surface area contributed by atoms with Gasteiger partial charge >= 0.3 is 5.97 Å². The summed E-state index contributed by atoms with van der Waals surface area (Å²) in [5, 5.41) is -0.0729. The fraction of sp³-hybridized carbons (Fsp3) is 0.778. The molecule has 1 heterocycles. The number of rotatable bonds is 1. The van der Waals surface area contributed by atoms with E-state index in [9.17, 15) is 9.59 Å². The third-order valence-corrected chi connectivity index (χ3v) is 2.75. The zero-order valence-corrected chi connectivity index (χ0v) is 9.10. The largest absolute Gasteiger partial charge is 0.461 e. The molecule has 0 saturated carbocycles. The van der Waals surface area contributed by atoms with Crippen molar-refractivity contribution in [3.8, 4) is 0 Å². The van der Waals surface area contributed by atoms with Gasteiger partial charge in [-0.1, -0.05) is 32.5 Å². The van der Waals surface area contributed by atoms with Crippen LogP contribution in [0.1, 0.15) is 27.7 Å². The van der Waals surface area contributed by atoms with Crippen LogP contribution in [0.3, 0.4) is 0 Å². The first-order valence-corrected chi connectivity index (χ1v) is 5.06. The lowest BCUT2D eigenvalue weighted by molar-refractivity contribution is -0.181. The Kier molecular flexibility index (Phi) is 2.71. The van der Waals surface area contributed by atoms with Gasteiger partial charge in [-0.05, 0) is 6.92 Å². The minimum absolute atomic E-state index is 0.0729. The third kappa shape index (κ3) is 2.46. The topological polar surface area (TPSA) is 43.4 Å². The maximum Gasteiger partial charge on any atom is 0.321 e. The van der Waals surface area contributed by atoms with Crippen molar-refractivity contribution >= 4 is 22.8 Å². The summed E-state index contributed by atoms with van der Waals surface area (Å²) in [6.45, 7) is 7.59. The summed E-state index contributed by atoms with van der Waals surface area (Å²) in [6.07, 6.45) is -0.241. The van der Waals surface area contributed by atoms with Gasteiger partial charge in [-0.3, -0.25) is 9.59 Å². The molecule has 0 unspecified atom stereocenters. The average Bonchev–Trinajstić information content (AvgIpc) is 1.80. The fourth-order valence-corrected chi connectivity index (χ4v) is 2.12. The van der Waals surface area contributed by atoms with Gasteiger partial charge in [-0.15, -0.1) is 0 Å². The smallest absolute Gasteiger partial charge is 0.321 e. The van der Waals surface area contributed by atoms with Crippen LogP contribution in [0, 0.1) is 5.92 Å². The molecule has 1 saturated heterocycles. The Balaban J connectivity index is 2.54. The fourth-order valence-electron chi connectivity index (χ4n) is 1.10. The first-order valence-electron chi connectivity index (χ1n) is 4.24. The number of carbonyl (C=O) groups excluding carboxylic acids is 2. The molecule has 0 N–H and O–H groups in total. The summed E-state index contributed by atoms with van der Waals surface area (Å²) < 4.78 is 4.58. The molecular formula is C9H14O3S. The number of ether oxygens (including phenoxy) is 1. The normalized spacial score (nSPS) is 27.8. The highest BCUT2D eigenvalue weighted by Crippen LogP contribution is 2.33. The van der Waals surface area contributed by atoms with Crippen LogP contribution in [0.4, 0.5) is 0 Å². The second-order valence-electron chi connectivity index (χ2n) is 4.15. The van der Waals surface area contributed by atoms with Crippen molar-refractivity contribution in [1.29, 1.82) is 0 Å². The molecule has 0 aliphatic carbocycles. The Hall–Kier alpha value is -0.510.